The average molecular weight is 541 g/mol. The summed E-state index contributed by atoms with van der Waals surface area (Å²) in [5.41, 5.74) is 1.58. The zero-order valence-electron chi connectivity index (χ0n) is 17.1. The zero-order chi connectivity index (χ0) is 24.4. The highest BCUT2D eigenvalue weighted by Gasteiger charge is 2.37. The van der Waals surface area contributed by atoms with E-state index in [2.05, 4.69) is 0 Å². The van der Waals surface area contributed by atoms with Gasteiger partial charge in [0.15, 0.2) is 0 Å². The molecule has 0 N–H and O–H groups in total. The smallest absolute Gasteiger partial charge is 0.363 e. The number of nitriles is 1. The van der Waals surface area contributed by atoms with Crippen LogP contribution in [-0.4, -0.2) is 43.8 Å². The first-order chi connectivity index (χ1) is 15.4. The van der Waals surface area contributed by atoms with E-state index in [1.165, 1.54) is 0 Å². The second kappa shape index (κ2) is 10.3. The number of hydrogen-bond acceptors (Lipinski definition) is 4. The number of hydrogen-bond donors (Lipinski definition) is 0. The van der Waals surface area contributed by atoms with Crippen LogP contribution in [0.4, 0.5) is 18.9 Å². The molecule has 1 saturated heterocycles. The quantitative estimate of drug-likeness (QED) is 0.440. The van der Waals surface area contributed by atoms with Gasteiger partial charge in [0, 0.05) is 41.4 Å². The van der Waals surface area contributed by atoms with Crippen molar-refractivity contribution in [3.8, 4) is 6.07 Å². The minimum absolute atomic E-state index is 0.00992. The molecular formula is C21H19Cl3F3N3O2S. The molecule has 3 rings (SSSR count). The van der Waals surface area contributed by atoms with Crippen molar-refractivity contribution in [2.75, 3.05) is 23.7 Å². The van der Waals surface area contributed by atoms with Crippen LogP contribution in [0.15, 0.2) is 36.4 Å². The van der Waals surface area contributed by atoms with E-state index >= 15 is 0 Å². The molecule has 178 valence electrons. The molecular weight excluding hydrogens is 522 g/mol. The molecule has 1 heterocycles. The maximum Gasteiger partial charge on any atom is 0.390 e. The highest BCUT2D eigenvalue weighted by Crippen LogP contribution is 2.32. The first kappa shape index (κ1) is 25.9. The van der Waals surface area contributed by atoms with E-state index in [-0.39, 0.29) is 36.3 Å². The van der Waals surface area contributed by atoms with Crippen LogP contribution in [0.3, 0.4) is 0 Å². The molecule has 0 aromatic heterocycles. The lowest BCUT2D eigenvalue weighted by Gasteiger charge is -2.32. The molecule has 2 aromatic rings. The monoisotopic (exact) mass is 539 g/mol. The molecule has 1 aliphatic rings. The first-order valence-electron chi connectivity index (χ1n) is 9.84. The fourth-order valence-corrected chi connectivity index (χ4v) is 5.76. The maximum absolute atomic E-state index is 12.6. The Morgan fingerprint density at radius 2 is 1.85 bits per heavy atom. The molecule has 0 amide bonds. The van der Waals surface area contributed by atoms with Crippen LogP contribution in [0.25, 0.3) is 0 Å². The summed E-state index contributed by atoms with van der Waals surface area (Å²) in [4.78, 5) is 1.88. The summed E-state index contributed by atoms with van der Waals surface area (Å²) in [5, 5.41) is 10.3. The molecule has 0 saturated carbocycles. The van der Waals surface area contributed by atoms with Crippen molar-refractivity contribution in [3.63, 3.8) is 0 Å². The average Bonchev–Trinajstić information content (AvgIpc) is 3.23. The Morgan fingerprint density at radius 3 is 2.48 bits per heavy atom. The standard InChI is InChI=1S/C21H19Cl3F3N3O2S/c22-16-2-4-19(23)15(9-16)12-30(17-3-1-14(11-28)20(24)10-17)18-5-7-29(13-18)33(31,32)8-6-21(25,26)27/h1-4,9-10,18H,5-8,12-13H2/t18-/m0/s1. The molecule has 0 spiro atoms. The van der Waals surface area contributed by atoms with Gasteiger partial charge >= 0.3 is 6.18 Å². The van der Waals surface area contributed by atoms with Gasteiger partial charge in [-0.25, -0.2) is 8.42 Å². The van der Waals surface area contributed by atoms with E-state index in [4.69, 9.17) is 40.1 Å². The van der Waals surface area contributed by atoms with E-state index in [0.717, 1.165) is 4.31 Å². The van der Waals surface area contributed by atoms with E-state index in [1.54, 1.807) is 36.4 Å². The van der Waals surface area contributed by atoms with Crippen LogP contribution in [0, 0.1) is 11.3 Å². The van der Waals surface area contributed by atoms with Crippen molar-refractivity contribution in [2.45, 2.75) is 31.6 Å². The summed E-state index contributed by atoms with van der Waals surface area (Å²) in [7, 11) is -4.08. The van der Waals surface area contributed by atoms with E-state index in [9.17, 15) is 21.6 Å². The predicted octanol–water partition coefficient (Wildman–Crippen LogP) is 5.88. The van der Waals surface area contributed by atoms with Gasteiger partial charge in [-0.1, -0.05) is 34.8 Å². The summed E-state index contributed by atoms with van der Waals surface area (Å²) in [6.45, 7) is 0.355. The lowest BCUT2D eigenvalue weighted by Crippen LogP contribution is -2.39. The molecule has 1 atom stereocenters. The Labute approximate surface area is 205 Å². The molecule has 0 radical (unpaired) electrons. The second-order valence-corrected chi connectivity index (χ2v) is 11.0. The number of halogens is 6. The second-order valence-electron chi connectivity index (χ2n) is 7.62. The fraction of sp³-hybridized carbons (Fsp3) is 0.381. The summed E-state index contributed by atoms with van der Waals surface area (Å²) in [6.07, 6.45) is -5.56. The number of nitrogens with zero attached hydrogens (tertiary/aromatic N) is 3. The molecule has 1 fully saturated rings. The molecule has 1 aliphatic heterocycles. The van der Waals surface area contributed by atoms with Gasteiger partial charge in [0.25, 0.3) is 0 Å². The van der Waals surface area contributed by atoms with Crippen molar-refractivity contribution in [2.24, 2.45) is 0 Å². The predicted molar refractivity (Wildman–Crippen MR) is 123 cm³/mol. The number of sulfonamides is 1. The van der Waals surface area contributed by atoms with Crippen LogP contribution in [0.2, 0.25) is 15.1 Å². The van der Waals surface area contributed by atoms with Gasteiger partial charge in [0.2, 0.25) is 10.0 Å². The SMILES string of the molecule is N#Cc1ccc(N(Cc2cc(Cl)ccc2Cl)[C@H]2CCN(S(=O)(=O)CCC(F)(F)F)C2)cc1Cl. The van der Waals surface area contributed by atoms with Gasteiger partial charge in [-0.2, -0.15) is 22.7 Å². The van der Waals surface area contributed by atoms with Crippen LogP contribution in [0.5, 0.6) is 0 Å². The van der Waals surface area contributed by atoms with E-state index < -0.39 is 28.4 Å². The van der Waals surface area contributed by atoms with Gasteiger partial charge < -0.3 is 4.90 Å². The topological polar surface area (TPSA) is 64.4 Å². The number of benzene rings is 2. The lowest BCUT2D eigenvalue weighted by atomic mass is 10.1. The third-order valence-electron chi connectivity index (χ3n) is 5.36. The Balaban J connectivity index is 1.89. The van der Waals surface area contributed by atoms with Crippen LogP contribution in [0.1, 0.15) is 24.0 Å². The molecule has 5 nitrogen and oxygen atoms in total. The Bertz CT molecular complexity index is 1170. The van der Waals surface area contributed by atoms with E-state index in [1.807, 2.05) is 11.0 Å². The minimum Gasteiger partial charge on any atom is -0.363 e. The molecule has 2 aromatic carbocycles. The summed E-state index contributed by atoms with van der Waals surface area (Å²) in [5.74, 6) is -0.994. The molecule has 0 bridgehead atoms. The van der Waals surface area contributed by atoms with E-state index in [0.29, 0.717) is 27.7 Å². The van der Waals surface area contributed by atoms with Crippen molar-refractivity contribution in [3.05, 3.63) is 62.6 Å². The highest BCUT2D eigenvalue weighted by molar-refractivity contribution is 7.89. The van der Waals surface area contributed by atoms with Gasteiger partial charge in [0.05, 0.1) is 22.8 Å². The third-order valence-corrected chi connectivity index (χ3v) is 8.11. The van der Waals surface area contributed by atoms with Crippen molar-refractivity contribution < 1.29 is 21.6 Å². The maximum atomic E-state index is 12.6. The van der Waals surface area contributed by atoms with Gasteiger partial charge in [-0.15, -0.1) is 0 Å². The molecule has 12 heteroatoms. The van der Waals surface area contributed by atoms with Crippen LogP contribution >= 0.6 is 34.8 Å². The summed E-state index contributed by atoms with van der Waals surface area (Å²) < 4.78 is 63.8. The first-order valence-corrected chi connectivity index (χ1v) is 12.6. The number of alkyl halides is 3. The van der Waals surface area contributed by atoms with Gasteiger partial charge in [0.1, 0.15) is 6.07 Å². The zero-order valence-corrected chi connectivity index (χ0v) is 20.2. The summed E-state index contributed by atoms with van der Waals surface area (Å²) in [6, 6.07) is 11.4. The Hall–Kier alpha value is -1.70. The van der Waals surface area contributed by atoms with Crippen molar-refractivity contribution in [1.82, 2.24) is 4.31 Å². The van der Waals surface area contributed by atoms with Crippen LogP contribution in [-0.2, 0) is 16.6 Å². The lowest BCUT2D eigenvalue weighted by molar-refractivity contribution is -0.130. The largest absolute Gasteiger partial charge is 0.390 e. The minimum atomic E-state index is -4.55. The highest BCUT2D eigenvalue weighted by atomic mass is 35.5. The summed E-state index contributed by atoms with van der Waals surface area (Å²) >= 11 is 18.7. The third kappa shape index (κ3) is 6.67. The van der Waals surface area contributed by atoms with Crippen molar-refractivity contribution >= 4 is 50.5 Å². The molecule has 33 heavy (non-hydrogen) atoms. The molecule has 0 aliphatic carbocycles. The van der Waals surface area contributed by atoms with Gasteiger partial charge in [-0.3, -0.25) is 0 Å². The number of rotatable bonds is 7. The fourth-order valence-electron chi connectivity index (χ4n) is 3.64. The molecule has 0 unspecified atom stereocenters. The van der Waals surface area contributed by atoms with Crippen LogP contribution < -0.4 is 4.90 Å². The van der Waals surface area contributed by atoms with Crippen molar-refractivity contribution in [1.29, 1.82) is 5.26 Å². The Kier molecular flexibility index (Phi) is 8.07. The normalized spacial score (nSPS) is 17.2. The van der Waals surface area contributed by atoms with Gasteiger partial charge in [-0.05, 0) is 48.4 Å². The Morgan fingerprint density at radius 1 is 1.12 bits per heavy atom. The number of anilines is 1.